The molecule has 1 fully saturated rings. The van der Waals surface area contributed by atoms with Gasteiger partial charge in [-0.15, -0.1) is 11.3 Å². The van der Waals surface area contributed by atoms with Gasteiger partial charge in [0.25, 0.3) is 5.91 Å². The highest BCUT2D eigenvalue weighted by atomic mass is 32.1. The van der Waals surface area contributed by atoms with Crippen molar-refractivity contribution in [2.45, 2.75) is 37.3 Å². The number of nitrogens with zero attached hydrogens (tertiary/aromatic N) is 2. The Hall–Kier alpha value is -1.69. The lowest BCUT2D eigenvalue weighted by molar-refractivity contribution is -0.00136. The van der Waals surface area contributed by atoms with Crippen LogP contribution in [-0.2, 0) is 5.41 Å². The molecule has 0 bridgehead atoms. The molecule has 0 unspecified atom stereocenters. The van der Waals surface area contributed by atoms with Crippen molar-refractivity contribution in [3.8, 4) is 0 Å². The number of fused-ring (bicyclic) bond motifs is 2. The van der Waals surface area contributed by atoms with Crippen molar-refractivity contribution in [2.75, 3.05) is 27.2 Å². The molecule has 4 rings (SSSR count). The molecule has 26 heavy (non-hydrogen) atoms. The van der Waals surface area contributed by atoms with Crippen LogP contribution in [-0.4, -0.2) is 54.1 Å². The smallest absolute Gasteiger partial charge is 0.263 e. The molecule has 1 saturated heterocycles. The van der Waals surface area contributed by atoms with E-state index >= 15 is 0 Å². The number of amides is 1. The molecule has 0 radical (unpaired) electrons. The van der Waals surface area contributed by atoms with Crippen molar-refractivity contribution < 1.29 is 9.90 Å². The van der Waals surface area contributed by atoms with Gasteiger partial charge in [-0.05, 0) is 57.1 Å². The largest absolute Gasteiger partial charge is 0.390 e. The fourth-order valence-electron chi connectivity index (χ4n) is 4.78. The number of piperidine rings is 1. The van der Waals surface area contributed by atoms with E-state index in [4.69, 9.17) is 0 Å². The normalized spacial score (nSPS) is 24.3. The second-order valence-corrected chi connectivity index (χ2v) is 9.09. The molecule has 1 spiro atoms. The number of rotatable bonds is 2. The van der Waals surface area contributed by atoms with Crippen molar-refractivity contribution in [3.05, 3.63) is 57.3 Å². The number of aryl methyl sites for hydroxylation is 1. The van der Waals surface area contributed by atoms with Crippen LogP contribution in [0.25, 0.3) is 0 Å². The average Bonchev–Trinajstić information content (AvgIpc) is 3.16. The number of thiophene rings is 1. The lowest BCUT2D eigenvalue weighted by Gasteiger charge is -2.43. The Kier molecular flexibility index (Phi) is 4.41. The van der Waals surface area contributed by atoms with Gasteiger partial charge in [-0.3, -0.25) is 4.79 Å². The lowest BCUT2D eigenvalue weighted by atomic mass is 9.72. The minimum Gasteiger partial charge on any atom is -0.390 e. The molecule has 138 valence electrons. The highest BCUT2D eigenvalue weighted by Gasteiger charge is 2.53. The van der Waals surface area contributed by atoms with E-state index in [9.17, 15) is 9.90 Å². The number of hydrogen-bond donors (Lipinski definition) is 1. The van der Waals surface area contributed by atoms with Gasteiger partial charge in [0.1, 0.15) is 0 Å². The first-order valence-electron chi connectivity index (χ1n) is 9.24. The van der Waals surface area contributed by atoms with E-state index < -0.39 is 6.10 Å². The summed E-state index contributed by atoms with van der Waals surface area (Å²) in [6.45, 7) is 3.42. The maximum absolute atomic E-state index is 12.8. The summed E-state index contributed by atoms with van der Waals surface area (Å²) < 4.78 is 0. The maximum Gasteiger partial charge on any atom is 0.263 e. The Morgan fingerprint density at radius 1 is 1.19 bits per heavy atom. The zero-order valence-corrected chi connectivity index (χ0v) is 16.4. The molecule has 1 aromatic heterocycles. The summed E-state index contributed by atoms with van der Waals surface area (Å²) in [4.78, 5) is 18.8. The maximum atomic E-state index is 12.8. The number of benzene rings is 1. The molecule has 2 aromatic rings. The fourth-order valence-corrected chi connectivity index (χ4v) is 5.62. The summed E-state index contributed by atoms with van der Waals surface area (Å²) in [7, 11) is 4.06. The first kappa shape index (κ1) is 17.7. The third-order valence-corrected chi connectivity index (χ3v) is 7.12. The summed E-state index contributed by atoms with van der Waals surface area (Å²) >= 11 is 1.56. The zero-order chi connectivity index (χ0) is 18.5. The summed E-state index contributed by atoms with van der Waals surface area (Å²) in [6.07, 6.45) is 1.19. The van der Waals surface area contributed by atoms with Crippen molar-refractivity contribution in [1.29, 1.82) is 0 Å². The van der Waals surface area contributed by atoms with Gasteiger partial charge in [-0.2, -0.15) is 0 Å². The van der Waals surface area contributed by atoms with Crippen LogP contribution >= 0.6 is 11.3 Å². The third kappa shape index (κ3) is 2.61. The summed E-state index contributed by atoms with van der Waals surface area (Å²) in [5.41, 5.74) is 2.26. The standard InChI is InChI=1S/C21H26N2O2S/c1-14-8-9-17(26-14)20(25)23-12-10-21(11-13-23)16-7-5-4-6-15(16)18(19(21)24)22(2)3/h4-9,18-19,24H,10-13H2,1-3H3/t18-,19+/m1/s1. The number of carbonyl (C=O) groups is 1. The summed E-state index contributed by atoms with van der Waals surface area (Å²) in [5.74, 6) is 0.128. The van der Waals surface area contributed by atoms with Gasteiger partial charge in [0.2, 0.25) is 0 Å². The van der Waals surface area contributed by atoms with E-state index in [1.165, 1.54) is 11.1 Å². The number of likely N-dealkylation sites (N-methyl/N-ethyl adjacent to an activating group) is 1. The molecular weight excluding hydrogens is 344 g/mol. The van der Waals surface area contributed by atoms with Crippen LogP contribution in [0, 0.1) is 6.92 Å². The molecule has 1 aliphatic heterocycles. The van der Waals surface area contributed by atoms with Crippen molar-refractivity contribution >= 4 is 17.2 Å². The molecule has 5 heteroatoms. The highest BCUT2D eigenvalue weighted by molar-refractivity contribution is 7.13. The molecule has 1 N–H and O–H groups in total. The molecule has 2 aliphatic rings. The van der Waals surface area contributed by atoms with E-state index in [-0.39, 0.29) is 17.4 Å². The van der Waals surface area contributed by atoms with E-state index in [0.29, 0.717) is 13.1 Å². The minimum absolute atomic E-state index is 0.0217. The molecule has 1 aliphatic carbocycles. The SMILES string of the molecule is Cc1ccc(C(=O)N2CCC3(CC2)c2ccccc2[C@@H](N(C)C)[C@@H]3O)s1. The number of likely N-dealkylation sites (tertiary alicyclic amines) is 1. The first-order valence-corrected chi connectivity index (χ1v) is 10.1. The molecular formula is C21H26N2O2S. The van der Waals surface area contributed by atoms with Crippen LogP contribution in [0.5, 0.6) is 0 Å². The second-order valence-electron chi connectivity index (χ2n) is 7.80. The number of aliphatic hydroxyl groups is 1. The van der Waals surface area contributed by atoms with Crippen molar-refractivity contribution in [1.82, 2.24) is 9.80 Å². The number of hydrogen-bond acceptors (Lipinski definition) is 4. The topological polar surface area (TPSA) is 43.8 Å². The summed E-state index contributed by atoms with van der Waals surface area (Å²) in [6, 6.07) is 12.4. The number of aliphatic hydroxyl groups excluding tert-OH is 1. The summed E-state index contributed by atoms with van der Waals surface area (Å²) in [5, 5.41) is 11.3. The Balaban J connectivity index is 1.59. The third-order valence-electron chi connectivity index (χ3n) is 6.13. The Bertz CT molecular complexity index is 821. The first-order chi connectivity index (χ1) is 12.4. The Morgan fingerprint density at radius 3 is 2.50 bits per heavy atom. The predicted molar refractivity (Wildman–Crippen MR) is 105 cm³/mol. The molecule has 0 saturated carbocycles. The van der Waals surface area contributed by atoms with Crippen molar-refractivity contribution in [3.63, 3.8) is 0 Å². The van der Waals surface area contributed by atoms with Crippen LogP contribution < -0.4 is 0 Å². The molecule has 2 heterocycles. The van der Waals surface area contributed by atoms with Gasteiger partial charge in [0.05, 0.1) is 17.0 Å². The molecule has 4 nitrogen and oxygen atoms in total. The van der Waals surface area contributed by atoms with Crippen LogP contribution in [0.1, 0.15) is 44.6 Å². The van der Waals surface area contributed by atoms with Gasteiger partial charge in [0, 0.05) is 23.4 Å². The quantitative estimate of drug-likeness (QED) is 0.883. The molecule has 1 amide bonds. The Morgan fingerprint density at radius 2 is 1.88 bits per heavy atom. The average molecular weight is 371 g/mol. The van der Waals surface area contributed by atoms with E-state index in [0.717, 1.165) is 22.6 Å². The monoisotopic (exact) mass is 370 g/mol. The molecule has 1 aromatic carbocycles. The zero-order valence-electron chi connectivity index (χ0n) is 15.6. The van der Waals surface area contributed by atoms with E-state index in [1.54, 1.807) is 11.3 Å². The van der Waals surface area contributed by atoms with E-state index in [1.807, 2.05) is 38.1 Å². The lowest BCUT2D eigenvalue weighted by Crippen LogP contribution is -2.50. The van der Waals surface area contributed by atoms with Gasteiger partial charge in [0.15, 0.2) is 0 Å². The highest BCUT2D eigenvalue weighted by Crippen LogP contribution is 2.52. The fraction of sp³-hybridized carbons (Fsp3) is 0.476. The van der Waals surface area contributed by atoms with Gasteiger partial charge >= 0.3 is 0 Å². The van der Waals surface area contributed by atoms with Crippen LogP contribution in [0.3, 0.4) is 0 Å². The van der Waals surface area contributed by atoms with E-state index in [2.05, 4.69) is 29.2 Å². The number of carbonyl (C=O) groups excluding carboxylic acids is 1. The molecule has 2 atom stereocenters. The van der Waals surface area contributed by atoms with Gasteiger partial charge in [-0.25, -0.2) is 0 Å². The van der Waals surface area contributed by atoms with Gasteiger partial charge < -0.3 is 14.9 Å². The van der Waals surface area contributed by atoms with Crippen molar-refractivity contribution in [2.24, 2.45) is 0 Å². The van der Waals surface area contributed by atoms with Crippen LogP contribution in [0.4, 0.5) is 0 Å². The second kappa shape index (κ2) is 6.48. The van der Waals surface area contributed by atoms with Crippen LogP contribution in [0.2, 0.25) is 0 Å². The minimum atomic E-state index is -0.434. The van der Waals surface area contributed by atoms with Gasteiger partial charge in [-0.1, -0.05) is 24.3 Å². The van der Waals surface area contributed by atoms with Crippen LogP contribution in [0.15, 0.2) is 36.4 Å². The Labute approximate surface area is 159 Å². The predicted octanol–water partition coefficient (Wildman–Crippen LogP) is 3.21.